The molecule has 0 radical (unpaired) electrons. The first-order chi connectivity index (χ1) is 9.38. The van der Waals surface area contributed by atoms with Crippen molar-refractivity contribution in [3.05, 3.63) is 29.8 Å². The van der Waals surface area contributed by atoms with Crippen molar-refractivity contribution >= 4 is 5.97 Å². The number of methoxy groups -OCH3 is 1. The third-order valence-corrected chi connectivity index (χ3v) is 4.01. The second-order valence-corrected chi connectivity index (χ2v) is 6.09. The number of para-hydroxylation sites is 1. The summed E-state index contributed by atoms with van der Waals surface area (Å²) in [5.74, 6) is -0.0277. The molecule has 4 heteroatoms. The largest absolute Gasteiger partial charge is 0.496 e. The fourth-order valence-electron chi connectivity index (χ4n) is 3.33. The fraction of sp³-hybridized carbons (Fsp3) is 0.562. The van der Waals surface area contributed by atoms with Gasteiger partial charge in [0.05, 0.1) is 19.1 Å². The molecule has 1 heterocycles. The van der Waals surface area contributed by atoms with Crippen molar-refractivity contribution < 1.29 is 19.4 Å². The van der Waals surface area contributed by atoms with Crippen LogP contribution in [0.2, 0.25) is 0 Å². The molecule has 1 aromatic carbocycles. The number of ether oxygens (including phenoxy) is 2. The van der Waals surface area contributed by atoms with Crippen LogP contribution in [0.5, 0.6) is 5.75 Å². The minimum Gasteiger partial charge on any atom is -0.496 e. The van der Waals surface area contributed by atoms with Crippen LogP contribution in [-0.4, -0.2) is 30.4 Å². The first-order valence-corrected chi connectivity index (χ1v) is 6.88. The molecule has 0 bridgehead atoms. The van der Waals surface area contributed by atoms with E-state index in [2.05, 4.69) is 0 Å². The van der Waals surface area contributed by atoms with Crippen molar-refractivity contribution in [1.29, 1.82) is 0 Å². The molecule has 1 aliphatic heterocycles. The van der Waals surface area contributed by atoms with Crippen LogP contribution in [0, 0.1) is 0 Å². The molecule has 1 atom stereocenters. The van der Waals surface area contributed by atoms with Crippen LogP contribution >= 0.6 is 0 Å². The third kappa shape index (κ3) is 2.96. The summed E-state index contributed by atoms with van der Waals surface area (Å²) in [7, 11) is 1.62. The van der Waals surface area contributed by atoms with Crippen molar-refractivity contribution in [1.82, 2.24) is 0 Å². The highest BCUT2D eigenvalue weighted by molar-refractivity contribution is 5.69. The molecule has 4 nitrogen and oxygen atoms in total. The summed E-state index contributed by atoms with van der Waals surface area (Å²) in [6.07, 6.45) is 1.47. The van der Waals surface area contributed by atoms with Gasteiger partial charge in [-0.1, -0.05) is 18.2 Å². The molecule has 1 fully saturated rings. The number of carbonyl (C=O) groups is 1. The quantitative estimate of drug-likeness (QED) is 0.920. The standard InChI is InChI=1S/C16H22O4/c1-15(2)11-16(8-9-20-15,10-14(17)18)12-6-4-5-7-13(12)19-3/h4-7H,8-11H2,1-3H3,(H,17,18)/t16-/m0/s1. The molecular weight excluding hydrogens is 256 g/mol. The smallest absolute Gasteiger partial charge is 0.304 e. The summed E-state index contributed by atoms with van der Waals surface area (Å²) in [6.45, 7) is 4.59. The van der Waals surface area contributed by atoms with Crippen molar-refractivity contribution in [2.45, 2.75) is 44.1 Å². The van der Waals surface area contributed by atoms with Gasteiger partial charge in [-0.3, -0.25) is 4.79 Å². The van der Waals surface area contributed by atoms with Crippen molar-refractivity contribution in [3.8, 4) is 5.75 Å². The van der Waals surface area contributed by atoms with Crippen LogP contribution < -0.4 is 4.74 Å². The summed E-state index contributed by atoms with van der Waals surface area (Å²) in [5.41, 5.74) is 0.218. The SMILES string of the molecule is COc1ccccc1[C@]1(CC(=O)O)CCOC(C)(C)C1. The zero-order valence-electron chi connectivity index (χ0n) is 12.3. The van der Waals surface area contributed by atoms with Gasteiger partial charge >= 0.3 is 5.97 Å². The van der Waals surface area contributed by atoms with E-state index >= 15 is 0 Å². The van der Waals surface area contributed by atoms with Crippen LogP contribution in [0.15, 0.2) is 24.3 Å². The van der Waals surface area contributed by atoms with E-state index in [1.165, 1.54) is 0 Å². The molecule has 2 rings (SSSR count). The van der Waals surface area contributed by atoms with Crippen LogP contribution in [0.4, 0.5) is 0 Å². The van der Waals surface area contributed by atoms with Crippen LogP contribution in [0.25, 0.3) is 0 Å². The molecule has 0 amide bonds. The lowest BCUT2D eigenvalue weighted by Crippen LogP contribution is -2.45. The number of aliphatic carboxylic acids is 1. The second-order valence-electron chi connectivity index (χ2n) is 6.09. The summed E-state index contributed by atoms with van der Waals surface area (Å²) in [5, 5.41) is 9.34. The third-order valence-electron chi connectivity index (χ3n) is 4.01. The molecular formula is C16H22O4. The number of carboxylic acid groups (broad SMARTS) is 1. The minimum atomic E-state index is -0.784. The molecule has 1 aromatic rings. The van der Waals surface area contributed by atoms with E-state index in [0.29, 0.717) is 19.4 Å². The normalized spacial score (nSPS) is 25.1. The summed E-state index contributed by atoms with van der Waals surface area (Å²) < 4.78 is 11.2. The molecule has 1 saturated heterocycles. The van der Waals surface area contributed by atoms with E-state index < -0.39 is 11.4 Å². The molecule has 1 aliphatic rings. The van der Waals surface area contributed by atoms with Gasteiger partial charge in [0, 0.05) is 17.6 Å². The average molecular weight is 278 g/mol. The molecule has 0 aromatic heterocycles. The lowest BCUT2D eigenvalue weighted by molar-refractivity contribution is -0.142. The molecule has 0 aliphatic carbocycles. The Bertz CT molecular complexity index is 495. The highest BCUT2D eigenvalue weighted by Crippen LogP contribution is 2.46. The molecule has 0 spiro atoms. The average Bonchev–Trinajstić information content (AvgIpc) is 2.36. The van der Waals surface area contributed by atoms with Gasteiger partial charge < -0.3 is 14.6 Å². The number of hydrogen-bond donors (Lipinski definition) is 1. The second kappa shape index (κ2) is 5.44. The lowest BCUT2D eigenvalue weighted by Gasteiger charge is -2.45. The first kappa shape index (κ1) is 14.9. The van der Waals surface area contributed by atoms with E-state index in [1.807, 2.05) is 38.1 Å². The molecule has 0 unspecified atom stereocenters. The number of hydrogen-bond acceptors (Lipinski definition) is 3. The lowest BCUT2D eigenvalue weighted by atomic mass is 9.67. The van der Waals surface area contributed by atoms with E-state index in [9.17, 15) is 9.90 Å². The molecule has 1 N–H and O–H groups in total. The molecule has 0 saturated carbocycles. The van der Waals surface area contributed by atoms with Crippen molar-refractivity contribution in [2.75, 3.05) is 13.7 Å². The zero-order valence-corrected chi connectivity index (χ0v) is 12.3. The predicted octanol–water partition coefficient (Wildman–Crippen LogP) is 3.00. The van der Waals surface area contributed by atoms with Crippen LogP contribution in [0.1, 0.15) is 38.7 Å². The Kier molecular flexibility index (Phi) is 4.04. The summed E-state index contributed by atoms with van der Waals surface area (Å²) >= 11 is 0. The highest BCUT2D eigenvalue weighted by Gasteiger charge is 2.44. The van der Waals surface area contributed by atoms with E-state index in [-0.39, 0.29) is 12.0 Å². The van der Waals surface area contributed by atoms with Gasteiger partial charge in [0.25, 0.3) is 0 Å². The Morgan fingerprint density at radius 1 is 1.40 bits per heavy atom. The Hall–Kier alpha value is -1.55. The maximum absolute atomic E-state index is 11.4. The summed E-state index contributed by atoms with van der Waals surface area (Å²) in [4.78, 5) is 11.4. The van der Waals surface area contributed by atoms with Gasteiger partial charge in [-0.15, -0.1) is 0 Å². The van der Waals surface area contributed by atoms with E-state index in [1.54, 1.807) is 7.11 Å². The van der Waals surface area contributed by atoms with Gasteiger partial charge in [0.2, 0.25) is 0 Å². The van der Waals surface area contributed by atoms with Gasteiger partial charge in [-0.2, -0.15) is 0 Å². The van der Waals surface area contributed by atoms with Crippen molar-refractivity contribution in [3.63, 3.8) is 0 Å². The minimum absolute atomic E-state index is 0.0974. The van der Waals surface area contributed by atoms with Gasteiger partial charge in [0.1, 0.15) is 5.75 Å². The Morgan fingerprint density at radius 3 is 2.70 bits per heavy atom. The number of carboxylic acids is 1. The predicted molar refractivity (Wildman–Crippen MR) is 76.2 cm³/mol. The monoisotopic (exact) mass is 278 g/mol. The Balaban J connectivity index is 2.49. The van der Waals surface area contributed by atoms with Crippen molar-refractivity contribution in [2.24, 2.45) is 0 Å². The topological polar surface area (TPSA) is 55.8 Å². The highest BCUT2D eigenvalue weighted by atomic mass is 16.5. The fourth-order valence-corrected chi connectivity index (χ4v) is 3.33. The van der Waals surface area contributed by atoms with E-state index in [4.69, 9.17) is 9.47 Å². The van der Waals surface area contributed by atoms with Gasteiger partial charge in [-0.25, -0.2) is 0 Å². The van der Waals surface area contributed by atoms with Gasteiger partial charge in [0.15, 0.2) is 0 Å². The number of benzene rings is 1. The van der Waals surface area contributed by atoms with E-state index in [0.717, 1.165) is 11.3 Å². The van der Waals surface area contributed by atoms with Crippen LogP contribution in [0.3, 0.4) is 0 Å². The van der Waals surface area contributed by atoms with Gasteiger partial charge in [-0.05, 0) is 32.8 Å². The molecule has 110 valence electrons. The first-order valence-electron chi connectivity index (χ1n) is 6.88. The maximum atomic E-state index is 11.4. The number of rotatable bonds is 4. The van der Waals surface area contributed by atoms with Crippen LogP contribution in [-0.2, 0) is 14.9 Å². The molecule has 20 heavy (non-hydrogen) atoms. The zero-order chi connectivity index (χ0) is 14.8. The Morgan fingerprint density at radius 2 is 2.10 bits per heavy atom. The Labute approximate surface area is 119 Å². The maximum Gasteiger partial charge on any atom is 0.304 e. The summed E-state index contributed by atoms with van der Waals surface area (Å²) in [6, 6.07) is 7.70.